The normalized spacial score (nSPS) is 10.6. The van der Waals surface area contributed by atoms with Gasteiger partial charge in [-0.05, 0) is 55.2 Å². The van der Waals surface area contributed by atoms with Crippen molar-refractivity contribution in [3.8, 4) is 11.1 Å². The maximum atomic E-state index is 13.3. The number of rotatable bonds is 8. The second-order valence-corrected chi connectivity index (χ2v) is 7.93. The van der Waals surface area contributed by atoms with Gasteiger partial charge >= 0.3 is 5.97 Å². The van der Waals surface area contributed by atoms with E-state index in [1.807, 2.05) is 24.3 Å². The van der Waals surface area contributed by atoms with Gasteiger partial charge in [-0.15, -0.1) is 11.3 Å². The molecule has 0 spiro atoms. The van der Waals surface area contributed by atoms with Crippen molar-refractivity contribution in [3.63, 3.8) is 0 Å². The van der Waals surface area contributed by atoms with E-state index >= 15 is 0 Å². The summed E-state index contributed by atoms with van der Waals surface area (Å²) in [5.41, 5.74) is 2.68. The van der Waals surface area contributed by atoms with Crippen LogP contribution >= 0.6 is 22.9 Å². The first-order valence-corrected chi connectivity index (χ1v) is 10.8. The van der Waals surface area contributed by atoms with Crippen LogP contribution in [0.15, 0.2) is 53.9 Å². The summed E-state index contributed by atoms with van der Waals surface area (Å²) in [7, 11) is 0. The third kappa shape index (κ3) is 5.68. The zero-order valence-electron chi connectivity index (χ0n) is 16.4. The highest BCUT2D eigenvalue weighted by atomic mass is 35.5. The second kappa shape index (κ2) is 10.4. The Kier molecular flexibility index (Phi) is 7.60. The average molecular weight is 446 g/mol. The summed E-state index contributed by atoms with van der Waals surface area (Å²) in [6.07, 6.45) is 1.73. The number of hydrogen-bond donors (Lipinski definition) is 1. The monoisotopic (exact) mass is 445 g/mol. The van der Waals surface area contributed by atoms with Crippen molar-refractivity contribution in [2.75, 3.05) is 11.9 Å². The van der Waals surface area contributed by atoms with Crippen LogP contribution in [-0.2, 0) is 16.0 Å². The van der Waals surface area contributed by atoms with Gasteiger partial charge < -0.3 is 10.1 Å². The van der Waals surface area contributed by atoms with Crippen LogP contribution in [0.3, 0.4) is 0 Å². The summed E-state index contributed by atoms with van der Waals surface area (Å²) >= 11 is 7.13. The molecule has 0 saturated carbocycles. The molecule has 30 heavy (non-hydrogen) atoms. The smallest absolute Gasteiger partial charge is 0.341 e. The standard InChI is InChI=1S/C23H21ClFNO3S/c1-2-29-23(28)21-19(16-8-12-18(25)13-9-16)14-30-22(21)26-20(27)5-3-4-15-6-10-17(24)11-7-15/h6-14H,2-5H2,1H3,(H,26,27). The molecule has 0 unspecified atom stereocenters. The number of aryl methyl sites for hydroxylation is 1. The number of amides is 1. The lowest BCUT2D eigenvalue weighted by Crippen LogP contribution is -2.14. The molecule has 1 heterocycles. The van der Waals surface area contributed by atoms with E-state index < -0.39 is 5.97 Å². The molecule has 3 aromatic rings. The van der Waals surface area contributed by atoms with Crippen LogP contribution in [-0.4, -0.2) is 18.5 Å². The Morgan fingerprint density at radius 3 is 2.47 bits per heavy atom. The number of benzene rings is 2. The first-order valence-electron chi connectivity index (χ1n) is 9.56. The molecule has 3 rings (SSSR count). The molecular formula is C23H21ClFNO3S. The molecule has 0 atom stereocenters. The fourth-order valence-electron chi connectivity index (χ4n) is 2.99. The zero-order valence-corrected chi connectivity index (χ0v) is 18.0. The summed E-state index contributed by atoms with van der Waals surface area (Å²) in [4.78, 5) is 25.0. The van der Waals surface area contributed by atoms with Gasteiger partial charge in [0.15, 0.2) is 0 Å². The van der Waals surface area contributed by atoms with E-state index in [-0.39, 0.29) is 18.3 Å². The van der Waals surface area contributed by atoms with Gasteiger partial charge in [0.05, 0.1) is 6.61 Å². The summed E-state index contributed by atoms with van der Waals surface area (Å²) in [6.45, 7) is 1.93. The number of hydrogen-bond acceptors (Lipinski definition) is 4. The Morgan fingerprint density at radius 1 is 1.10 bits per heavy atom. The van der Waals surface area contributed by atoms with Crippen molar-refractivity contribution >= 4 is 39.8 Å². The molecule has 0 aliphatic heterocycles. The highest BCUT2D eigenvalue weighted by Gasteiger charge is 2.22. The van der Waals surface area contributed by atoms with E-state index in [1.54, 1.807) is 24.4 Å². The van der Waals surface area contributed by atoms with Crippen molar-refractivity contribution in [2.24, 2.45) is 0 Å². The number of carbonyl (C=O) groups excluding carboxylic acids is 2. The van der Waals surface area contributed by atoms with Gasteiger partial charge in [-0.3, -0.25) is 4.79 Å². The van der Waals surface area contributed by atoms with E-state index in [1.165, 1.54) is 23.5 Å². The van der Waals surface area contributed by atoms with Crippen LogP contribution in [0.2, 0.25) is 5.02 Å². The van der Waals surface area contributed by atoms with Crippen molar-refractivity contribution < 1.29 is 18.7 Å². The van der Waals surface area contributed by atoms with Crippen molar-refractivity contribution in [1.82, 2.24) is 0 Å². The quantitative estimate of drug-likeness (QED) is 0.411. The van der Waals surface area contributed by atoms with Crippen LogP contribution in [0.5, 0.6) is 0 Å². The first kappa shape index (κ1) is 22.0. The third-order valence-corrected chi connectivity index (χ3v) is 5.61. The molecule has 0 fully saturated rings. The Balaban J connectivity index is 1.71. The summed E-state index contributed by atoms with van der Waals surface area (Å²) in [6, 6.07) is 13.4. The maximum Gasteiger partial charge on any atom is 0.341 e. The van der Waals surface area contributed by atoms with E-state index in [4.69, 9.17) is 16.3 Å². The molecule has 0 saturated heterocycles. The molecule has 2 aromatic carbocycles. The first-order chi connectivity index (χ1) is 14.5. The average Bonchev–Trinajstić information content (AvgIpc) is 3.13. The molecule has 7 heteroatoms. The predicted molar refractivity (Wildman–Crippen MR) is 119 cm³/mol. The lowest BCUT2D eigenvalue weighted by molar-refractivity contribution is -0.116. The minimum Gasteiger partial charge on any atom is -0.462 e. The van der Waals surface area contributed by atoms with Gasteiger partial charge in [0.1, 0.15) is 16.4 Å². The molecule has 0 bridgehead atoms. The molecule has 0 aliphatic rings. The SMILES string of the molecule is CCOC(=O)c1c(-c2ccc(F)cc2)csc1NC(=O)CCCc1ccc(Cl)cc1. The van der Waals surface area contributed by atoms with Gasteiger partial charge in [-0.2, -0.15) is 0 Å². The zero-order chi connectivity index (χ0) is 21.5. The Bertz CT molecular complexity index is 1020. The van der Waals surface area contributed by atoms with E-state index in [0.717, 1.165) is 12.0 Å². The van der Waals surface area contributed by atoms with Gasteiger partial charge in [-0.25, -0.2) is 9.18 Å². The molecule has 0 aliphatic carbocycles. The van der Waals surface area contributed by atoms with Crippen LogP contribution in [0.1, 0.15) is 35.7 Å². The molecule has 1 aromatic heterocycles. The Morgan fingerprint density at radius 2 is 1.80 bits per heavy atom. The summed E-state index contributed by atoms with van der Waals surface area (Å²) in [5.74, 6) is -1.06. The molecule has 1 amide bonds. The van der Waals surface area contributed by atoms with E-state index in [9.17, 15) is 14.0 Å². The van der Waals surface area contributed by atoms with Gasteiger partial charge in [0.25, 0.3) is 0 Å². The molecular weight excluding hydrogens is 425 g/mol. The van der Waals surface area contributed by atoms with E-state index in [0.29, 0.717) is 39.6 Å². The number of carbonyl (C=O) groups is 2. The highest BCUT2D eigenvalue weighted by Crippen LogP contribution is 2.36. The largest absolute Gasteiger partial charge is 0.462 e. The van der Waals surface area contributed by atoms with Crippen LogP contribution in [0.4, 0.5) is 9.39 Å². The summed E-state index contributed by atoms with van der Waals surface area (Å²) < 4.78 is 18.4. The molecule has 1 N–H and O–H groups in total. The number of ether oxygens (including phenoxy) is 1. The number of esters is 1. The number of nitrogens with one attached hydrogen (secondary N) is 1. The van der Waals surface area contributed by atoms with Crippen LogP contribution in [0.25, 0.3) is 11.1 Å². The van der Waals surface area contributed by atoms with Crippen molar-refractivity contribution in [2.45, 2.75) is 26.2 Å². The number of halogens is 2. The topological polar surface area (TPSA) is 55.4 Å². The Hall–Kier alpha value is -2.70. The van der Waals surface area contributed by atoms with Crippen molar-refractivity contribution in [3.05, 3.63) is 75.9 Å². The lowest BCUT2D eigenvalue weighted by atomic mass is 10.0. The molecule has 4 nitrogen and oxygen atoms in total. The fourth-order valence-corrected chi connectivity index (χ4v) is 4.09. The van der Waals surface area contributed by atoms with Gasteiger partial charge in [-0.1, -0.05) is 35.9 Å². The van der Waals surface area contributed by atoms with Crippen LogP contribution in [0, 0.1) is 5.82 Å². The number of thiophene rings is 1. The van der Waals surface area contributed by atoms with E-state index in [2.05, 4.69) is 5.32 Å². The van der Waals surface area contributed by atoms with Gasteiger partial charge in [0.2, 0.25) is 5.91 Å². The third-order valence-electron chi connectivity index (χ3n) is 4.46. The maximum absolute atomic E-state index is 13.3. The van der Waals surface area contributed by atoms with Crippen molar-refractivity contribution in [1.29, 1.82) is 0 Å². The molecule has 0 radical (unpaired) electrons. The minimum atomic E-state index is -0.519. The van der Waals surface area contributed by atoms with Crippen LogP contribution < -0.4 is 5.32 Å². The Labute approximate surface area is 183 Å². The minimum absolute atomic E-state index is 0.179. The number of anilines is 1. The molecule has 156 valence electrons. The lowest BCUT2D eigenvalue weighted by Gasteiger charge is -2.09. The van der Waals surface area contributed by atoms with Gasteiger partial charge in [0, 0.05) is 22.4 Å². The summed E-state index contributed by atoms with van der Waals surface area (Å²) in [5, 5.41) is 5.71. The predicted octanol–water partition coefficient (Wildman–Crippen LogP) is 6.35. The second-order valence-electron chi connectivity index (χ2n) is 6.61. The highest BCUT2D eigenvalue weighted by molar-refractivity contribution is 7.15. The fraction of sp³-hybridized carbons (Fsp3) is 0.217.